The number of thiocarbonyl (C=S) groups is 1. The van der Waals surface area contributed by atoms with E-state index in [-0.39, 0.29) is 11.4 Å². The molecule has 1 atom stereocenters. The third kappa shape index (κ3) is 3.85. The number of carbonyl (C=O) groups excluding carboxylic acids is 1. The predicted octanol–water partition coefficient (Wildman–Crippen LogP) is 5.58. The van der Waals surface area contributed by atoms with Crippen LogP contribution >= 0.6 is 24.0 Å². The second-order valence-electron chi connectivity index (χ2n) is 7.97. The normalized spacial score (nSPS) is 23.1. The van der Waals surface area contributed by atoms with E-state index in [1.807, 2.05) is 6.08 Å². The Morgan fingerprint density at radius 2 is 2.15 bits per heavy atom. The number of amides is 1. The Morgan fingerprint density at radius 3 is 2.81 bits per heavy atom. The molecule has 3 rings (SSSR count). The van der Waals surface area contributed by atoms with Crippen molar-refractivity contribution in [2.45, 2.75) is 52.0 Å². The molecule has 0 aliphatic carbocycles. The van der Waals surface area contributed by atoms with Crippen LogP contribution in [0.2, 0.25) is 0 Å². The lowest BCUT2D eigenvalue weighted by Crippen LogP contribution is -2.48. The second-order valence-corrected chi connectivity index (χ2v) is 9.64. The number of benzene rings is 1. The quantitative estimate of drug-likeness (QED) is 0.366. The predicted molar refractivity (Wildman–Crippen MR) is 121 cm³/mol. The molecule has 1 amide bonds. The van der Waals surface area contributed by atoms with Gasteiger partial charge in [0, 0.05) is 24.3 Å². The molecule has 0 aromatic heterocycles. The van der Waals surface area contributed by atoms with Crippen molar-refractivity contribution in [2.75, 3.05) is 18.0 Å². The van der Waals surface area contributed by atoms with Gasteiger partial charge in [0.2, 0.25) is 0 Å². The Morgan fingerprint density at radius 1 is 1.41 bits per heavy atom. The van der Waals surface area contributed by atoms with E-state index in [0.29, 0.717) is 21.7 Å². The van der Waals surface area contributed by atoms with E-state index in [4.69, 9.17) is 12.2 Å². The minimum Gasteiger partial charge on any atom is -0.366 e. The molecule has 5 heteroatoms. The Bertz CT molecular complexity index is 813. The number of rotatable bonds is 5. The van der Waals surface area contributed by atoms with E-state index in [2.05, 4.69) is 57.4 Å². The van der Waals surface area contributed by atoms with Crippen LogP contribution in [-0.4, -0.2) is 33.8 Å². The van der Waals surface area contributed by atoms with E-state index in [1.54, 1.807) is 11.0 Å². The van der Waals surface area contributed by atoms with Crippen LogP contribution in [-0.2, 0) is 4.79 Å². The van der Waals surface area contributed by atoms with Crippen LogP contribution < -0.4 is 4.90 Å². The number of thioether (sulfide) groups is 1. The van der Waals surface area contributed by atoms with Gasteiger partial charge >= 0.3 is 0 Å². The first-order chi connectivity index (χ1) is 12.8. The molecule has 1 unspecified atom stereocenters. The molecule has 0 saturated carbocycles. The minimum absolute atomic E-state index is 0.0237. The Kier molecular flexibility index (Phi) is 5.82. The topological polar surface area (TPSA) is 23.6 Å². The summed E-state index contributed by atoms with van der Waals surface area (Å²) in [5.41, 5.74) is 3.93. The highest BCUT2D eigenvalue weighted by Crippen LogP contribution is 2.44. The summed E-state index contributed by atoms with van der Waals surface area (Å²) in [6.07, 6.45) is 5.94. The van der Waals surface area contributed by atoms with E-state index >= 15 is 0 Å². The first kappa shape index (κ1) is 20.2. The van der Waals surface area contributed by atoms with Gasteiger partial charge in [-0.2, -0.15) is 0 Å². The van der Waals surface area contributed by atoms with Gasteiger partial charge < -0.3 is 4.90 Å². The van der Waals surface area contributed by atoms with Gasteiger partial charge in [-0.05, 0) is 61.9 Å². The van der Waals surface area contributed by atoms with Crippen LogP contribution in [0, 0.1) is 0 Å². The lowest BCUT2D eigenvalue weighted by atomic mass is 9.79. The zero-order chi connectivity index (χ0) is 19.8. The fraction of sp³-hybridized carbons (Fsp3) is 0.455. The highest BCUT2D eigenvalue weighted by molar-refractivity contribution is 8.26. The molecule has 2 aliphatic rings. The zero-order valence-electron chi connectivity index (χ0n) is 16.6. The summed E-state index contributed by atoms with van der Waals surface area (Å²) in [6.45, 7) is 14.4. The summed E-state index contributed by atoms with van der Waals surface area (Å²) < 4.78 is 0.605. The molecule has 3 nitrogen and oxygen atoms in total. The summed E-state index contributed by atoms with van der Waals surface area (Å²) in [5.74, 6) is 0.469. The lowest BCUT2D eigenvalue weighted by molar-refractivity contribution is -0.121. The summed E-state index contributed by atoms with van der Waals surface area (Å²) in [4.78, 5) is 17.4. The van der Waals surface area contributed by atoms with Crippen molar-refractivity contribution in [1.82, 2.24) is 4.90 Å². The Balaban J connectivity index is 1.95. The highest BCUT2D eigenvalue weighted by Gasteiger charge is 2.36. The maximum Gasteiger partial charge on any atom is 0.266 e. The van der Waals surface area contributed by atoms with Crippen LogP contribution in [0.5, 0.6) is 0 Å². The zero-order valence-corrected chi connectivity index (χ0v) is 18.3. The van der Waals surface area contributed by atoms with Gasteiger partial charge in [-0.15, -0.1) is 6.58 Å². The van der Waals surface area contributed by atoms with Gasteiger partial charge in [0.1, 0.15) is 4.32 Å². The molecule has 0 bridgehead atoms. The average Bonchev–Trinajstić information content (AvgIpc) is 2.86. The second kappa shape index (κ2) is 7.80. The first-order valence-corrected chi connectivity index (χ1v) is 10.8. The fourth-order valence-corrected chi connectivity index (χ4v) is 5.46. The fourth-order valence-electron chi connectivity index (χ4n) is 4.18. The van der Waals surface area contributed by atoms with Crippen molar-refractivity contribution >= 4 is 46.0 Å². The number of fused-ring (bicyclic) bond motifs is 1. The van der Waals surface area contributed by atoms with Gasteiger partial charge in [-0.25, -0.2) is 0 Å². The Hall–Kier alpha value is -1.59. The number of carbonyl (C=O) groups is 1. The SMILES string of the molecule is C=CCN1C(=O)/C(=C\c2ccc3c(c2)C(C)CC(C)(C)N3CCC)SC1=S. The van der Waals surface area contributed by atoms with Crippen LogP contribution in [0.3, 0.4) is 0 Å². The number of hydrogen-bond acceptors (Lipinski definition) is 4. The van der Waals surface area contributed by atoms with Crippen molar-refractivity contribution in [1.29, 1.82) is 0 Å². The molecule has 0 N–H and O–H groups in total. The first-order valence-electron chi connectivity index (χ1n) is 9.56. The maximum absolute atomic E-state index is 12.6. The molecule has 144 valence electrons. The summed E-state index contributed by atoms with van der Waals surface area (Å²) in [7, 11) is 0. The third-order valence-electron chi connectivity index (χ3n) is 5.34. The molecule has 1 saturated heterocycles. The van der Waals surface area contributed by atoms with Crippen molar-refractivity contribution in [3.05, 3.63) is 46.9 Å². The lowest BCUT2D eigenvalue weighted by Gasteiger charge is -2.47. The summed E-state index contributed by atoms with van der Waals surface area (Å²) in [6, 6.07) is 6.59. The van der Waals surface area contributed by atoms with Crippen molar-refractivity contribution in [2.24, 2.45) is 0 Å². The van der Waals surface area contributed by atoms with Crippen molar-refractivity contribution in [3.63, 3.8) is 0 Å². The van der Waals surface area contributed by atoms with Crippen molar-refractivity contribution < 1.29 is 4.79 Å². The smallest absolute Gasteiger partial charge is 0.266 e. The third-order valence-corrected chi connectivity index (χ3v) is 6.72. The summed E-state index contributed by atoms with van der Waals surface area (Å²) >= 11 is 6.71. The maximum atomic E-state index is 12.6. The standard InChI is InChI=1S/C22H28N2OS2/c1-6-10-23-20(25)19(27-21(23)26)13-16-8-9-18-17(12-16)15(3)14-22(4,5)24(18)11-7-2/h6,8-9,12-13,15H,1,7,10-11,14H2,2-5H3/b19-13+. The number of nitrogens with zero attached hydrogens (tertiary/aromatic N) is 2. The molecule has 2 heterocycles. The largest absolute Gasteiger partial charge is 0.366 e. The van der Waals surface area contributed by atoms with E-state index < -0.39 is 0 Å². The molecular formula is C22H28N2OS2. The molecule has 0 radical (unpaired) electrons. The minimum atomic E-state index is -0.0237. The van der Waals surface area contributed by atoms with Crippen LogP contribution in [0.1, 0.15) is 57.6 Å². The van der Waals surface area contributed by atoms with Crippen LogP contribution in [0.4, 0.5) is 5.69 Å². The van der Waals surface area contributed by atoms with Gasteiger partial charge in [-0.3, -0.25) is 9.69 Å². The van der Waals surface area contributed by atoms with E-state index in [1.165, 1.54) is 23.0 Å². The average molecular weight is 401 g/mol. The van der Waals surface area contributed by atoms with Crippen LogP contribution in [0.15, 0.2) is 35.8 Å². The molecule has 1 aromatic carbocycles. The molecular weight excluding hydrogens is 372 g/mol. The summed E-state index contributed by atoms with van der Waals surface area (Å²) in [5, 5.41) is 0. The van der Waals surface area contributed by atoms with Gasteiger partial charge in [0.25, 0.3) is 5.91 Å². The molecule has 1 aromatic rings. The number of hydrogen-bond donors (Lipinski definition) is 0. The molecule has 0 spiro atoms. The van der Waals surface area contributed by atoms with Gasteiger partial charge in [-0.1, -0.05) is 50.0 Å². The van der Waals surface area contributed by atoms with Crippen LogP contribution in [0.25, 0.3) is 6.08 Å². The molecule has 27 heavy (non-hydrogen) atoms. The highest BCUT2D eigenvalue weighted by atomic mass is 32.2. The van der Waals surface area contributed by atoms with Gasteiger partial charge in [0.05, 0.1) is 4.91 Å². The monoisotopic (exact) mass is 400 g/mol. The van der Waals surface area contributed by atoms with E-state index in [0.717, 1.165) is 24.9 Å². The molecule has 2 aliphatic heterocycles. The van der Waals surface area contributed by atoms with E-state index in [9.17, 15) is 4.79 Å². The van der Waals surface area contributed by atoms with Crippen molar-refractivity contribution in [3.8, 4) is 0 Å². The molecule has 1 fully saturated rings. The Labute approximate surface area is 172 Å². The number of anilines is 1. The van der Waals surface area contributed by atoms with Gasteiger partial charge in [0.15, 0.2) is 0 Å².